The van der Waals surface area contributed by atoms with Crippen LogP contribution >= 0.6 is 11.3 Å². The Bertz CT molecular complexity index is 1200. The van der Waals surface area contributed by atoms with E-state index in [1.54, 1.807) is 23.5 Å². The highest BCUT2D eigenvalue weighted by atomic mass is 32.1. The summed E-state index contributed by atoms with van der Waals surface area (Å²) in [7, 11) is 0. The van der Waals surface area contributed by atoms with Crippen LogP contribution in [0.15, 0.2) is 60.0 Å². The zero-order valence-corrected chi connectivity index (χ0v) is 19.7. The number of hydrogen-bond acceptors (Lipinski definition) is 6. The molecular formula is C25H27FN6S. The second-order valence-corrected chi connectivity index (χ2v) is 9.53. The third kappa shape index (κ3) is 4.67. The number of aromatic nitrogens is 4. The molecule has 0 bridgehead atoms. The SMILES string of the molecule is Cc1ccc(C)c(N2CCN([C@H](c3cccs3)c3nnnn3Cc3ccc(F)cc3)CC2)c1. The minimum atomic E-state index is -0.242. The number of benzene rings is 2. The number of rotatable bonds is 6. The van der Waals surface area contributed by atoms with E-state index in [0.717, 1.165) is 37.6 Å². The van der Waals surface area contributed by atoms with Gasteiger partial charge >= 0.3 is 0 Å². The summed E-state index contributed by atoms with van der Waals surface area (Å²) in [6.07, 6.45) is 0. The van der Waals surface area contributed by atoms with E-state index in [-0.39, 0.29) is 11.9 Å². The number of hydrogen-bond donors (Lipinski definition) is 0. The molecule has 3 heterocycles. The van der Waals surface area contributed by atoms with Crippen LogP contribution in [-0.2, 0) is 6.54 Å². The largest absolute Gasteiger partial charge is 0.369 e. The highest BCUT2D eigenvalue weighted by Crippen LogP contribution is 2.32. The first-order valence-electron chi connectivity index (χ1n) is 11.2. The molecule has 6 nitrogen and oxygen atoms in total. The summed E-state index contributed by atoms with van der Waals surface area (Å²) in [5.41, 5.74) is 4.89. The Morgan fingerprint density at radius 1 is 1.00 bits per heavy atom. The molecule has 0 unspecified atom stereocenters. The summed E-state index contributed by atoms with van der Waals surface area (Å²) in [5.74, 6) is 0.579. The number of tetrazole rings is 1. The van der Waals surface area contributed by atoms with Gasteiger partial charge in [-0.2, -0.15) is 0 Å². The Balaban J connectivity index is 1.39. The van der Waals surface area contributed by atoms with Gasteiger partial charge in [-0.05, 0) is 70.6 Å². The van der Waals surface area contributed by atoms with Crippen LogP contribution in [0.5, 0.6) is 0 Å². The maximum Gasteiger partial charge on any atom is 0.174 e. The fraction of sp³-hybridized carbons (Fsp3) is 0.320. The summed E-state index contributed by atoms with van der Waals surface area (Å²) in [6.45, 7) is 8.56. The number of halogens is 1. The first kappa shape index (κ1) is 21.7. The fourth-order valence-corrected chi connectivity index (χ4v) is 5.34. The van der Waals surface area contributed by atoms with E-state index in [2.05, 4.69) is 74.9 Å². The van der Waals surface area contributed by atoms with Crippen LogP contribution in [0, 0.1) is 19.7 Å². The van der Waals surface area contributed by atoms with Crippen molar-refractivity contribution in [2.45, 2.75) is 26.4 Å². The fourth-order valence-electron chi connectivity index (χ4n) is 4.48. The molecule has 0 aliphatic carbocycles. The van der Waals surface area contributed by atoms with Gasteiger partial charge in [0.1, 0.15) is 11.9 Å². The van der Waals surface area contributed by atoms with Gasteiger partial charge in [0, 0.05) is 36.7 Å². The second kappa shape index (κ2) is 9.41. The van der Waals surface area contributed by atoms with Crippen LogP contribution in [0.1, 0.15) is 33.4 Å². The van der Waals surface area contributed by atoms with Gasteiger partial charge < -0.3 is 4.90 Å². The summed E-state index contributed by atoms with van der Waals surface area (Å²) in [4.78, 5) is 6.18. The minimum absolute atomic E-state index is 0.0128. The molecule has 1 saturated heterocycles. The van der Waals surface area contributed by atoms with Crippen molar-refractivity contribution in [1.29, 1.82) is 0 Å². The van der Waals surface area contributed by atoms with Crippen LogP contribution in [-0.4, -0.2) is 51.3 Å². The molecule has 170 valence electrons. The molecule has 33 heavy (non-hydrogen) atoms. The molecule has 0 saturated carbocycles. The standard InChI is InChI=1S/C25H27FN6S/c1-18-5-6-19(2)22(16-18)30-11-13-31(14-12-30)24(23-4-3-15-33-23)25-27-28-29-32(25)17-20-7-9-21(26)10-8-20/h3-10,15-16,24H,11-14,17H2,1-2H3/t24-/m1/s1. The lowest BCUT2D eigenvalue weighted by atomic mass is 10.1. The van der Waals surface area contributed by atoms with Crippen molar-refractivity contribution in [2.75, 3.05) is 31.1 Å². The number of thiophene rings is 1. The predicted octanol–water partition coefficient (Wildman–Crippen LogP) is 4.45. The van der Waals surface area contributed by atoms with E-state index in [0.29, 0.717) is 6.54 Å². The van der Waals surface area contributed by atoms with Crippen LogP contribution < -0.4 is 4.90 Å². The zero-order chi connectivity index (χ0) is 22.8. The summed E-state index contributed by atoms with van der Waals surface area (Å²) in [5, 5.41) is 14.8. The van der Waals surface area contributed by atoms with Gasteiger partial charge in [0.25, 0.3) is 0 Å². The van der Waals surface area contributed by atoms with Crippen molar-refractivity contribution in [3.63, 3.8) is 0 Å². The highest BCUT2D eigenvalue weighted by Gasteiger charge is 2.31. The molecular weight excluding hydrogens is 435 g/mol. The molecule has 1 atom stereocenters. The van der Waals surface area contributed by atoms with Crippen LogP contribution in [0.3, 0.4) is 0 Å². The van der Waals surface area contributed by atoms with Gasteiger partial charge in [0.05, 0.1) is 6.54 Å². The van der Waals surface area contributed by atoms with E-state index in [4.69, 9.17) is 0 Å². The van der Waals surface area contributed by atoms with Crippen LogP contribution in [0.4, 0.5) is 10.1 Å². The first-order chi connectivity index (χ1) is 16.1. The molecule has 1 aliphatic rings. The monoisotopic (exact) mass is 462 g/mol. The van der Waals surface area contributed by atoms with Gasteiger partial charge in [-0.25, -0.2) is 9.07 Å². The lowest BCUT2D eigenvalue weighted by molar-refractivity contribution is 0.203. The van der Waals surface area contributed by atoms with Crippen molar-refractivity contribution >= 4 is 17.0 Å². The van der Waals surface area contributed by atoms with Crippen molar-refractivity contribution < 1.29 is 4.39 Å². The van der Waals surface area contributed by atoms with E-state index in [1.807, 2.05) is 4.68 Å². The maximum atomic E-state index is 13.3. The number of aryl methyl sites for hydroxylation is 2. The third-order valence-electron chi connectivity index (χ3n) is 6.25. The van der Waals surface area contributed by atoms with Crippen molar-refractivity contribution in [3.8, 4) is 0 Å². The quantitative estimate of drug-likeness (QED) is 0.424. The molecule has 2 aromatic carbocycles. The summed E-state index contributed by atoms with van der Waals surface area (Å²) in [6, 6.07) is 17.4. The molecule has 2 aromatic heterocycles. The Morgan fingerprint density at radius 3 is 2.52 bits per heavy atom. The molecule has 0 N–H and O–H groups in total. The second-order valence-electron chi connectivity index (χ2n) is 8.55. The lowest BCUT2D eigenvalue weighted by Crippen LogP contribution is -2.48. The van der Waals surface area contributed by atoms with E-state index in [1.165, 1.54) is 33.8 Å². The van der Waals surface area contributed by atoms with Gasteiger partial charge in [-0.1, -0.05) is 30.3 Å². The average molecular weight is 463 g/mol. The van der Waals surface area contributed by atoms with E-state index < -0.39 is 0 Å². The summed E-state index contributed by atoms with van der Waals surface area (Å²) >= 11 is 1.73. The highest BCUT2D eigenvalue weighted by molar-refractivity contribution is 7.10. The average Bonchev–Trinajstić information content (AvgIpc) is 3.51. The van der Waals surface area contributed by atoms with Gasteiger partial charge in [-0.15, -0.1) is 16.4 Å². The molecule has 1 fully saturated rings. The molecule has 0 radical (unpaired) electrons. The van der Waals surface area contributed by atoms with Crippen molar-refractivity contribution in [2.24, 2.45) is 0 Å². The third-order valence-corrected chi connectivity index (χ3v) is 7.17. The van der Waals surface area contributed by atoms with E-state index in [9.17, 15) is 4.39 Å². The van der Waals surface area contributed by atoms with Gasteiger partial charge in [0.2, 0.25) is 0 Å². The molecule has 4 aromatic rings. The number of nitrogens with zero attached hydrogens (tertiary/aromatic N) is 6. The Kier molecular flexibility index (Phi) is 6.20. The lowest BCUT2D eigenvalue weighted by Gasteiger charge is -2.40. The molecule has 0 amide bonds. The Hall–Kier alpha value is -3.10. The number of piperazine rings is 1. The molecule has 5 rings (SSSR count). The Morgan fingerprint density at radius 2 is 1.79 bits per heavy atom. The first-order valence-corrected chi connectivity index (χ1v) is 12.1. The van der Waals surface area contributed by atoms with E-state index >= 15 is 0 Å². The van der Waals surface area contributed by atoms with Crippen LogP contribution in [0.2, 0.25) is 0 Å². The summed E-state index contributed by atoms with van der Waals surface area (Å²) < 4.78 is 15.2. The topological polar surface area (TPSA) is 50.1 Å². The predicted molar refractivity (Wildman–Crippen MR) is 129 cm³/mol. The minimum Gasteiger partial charge on any atom is -0.369 e. The molecule has 1 aliphatic heterocycles. The molecule has 8 heteroatoms. The van der Waals surface area contributed by atoms with Gasteiger partial charge in [0.15, 0.2) is 5.82 Å². The van der Waals surface area contributed by atoms with Gasteiger partial charge in [-0.3, -0.25) is 4.90 Å². The van der Waals surface area contributed by atoms with Crippen LogP contribution in [0.25, 0.3) is 0 Å². The smallest absolute Gasteiger partial charge is 0.174 e. The zero-order valence-electron chi connectivity index (χ0n) is 18.9. The normalized spacial score (nSPS) is 15.7. The number of anilines is 1. The maximum absolute atomic E-state index is 13.3. The van der Waals surface area contributed by atoms with Crippen molar-refractivity contribution in [1.82, 2.24) is 25.1 Å². The molecule has 0 spiro atoms. The Labute approximate surface area is 197 Å². The van der Waals surface area contributed by atoms with Crippen molar-refractivity contribution in [3.05, 3.63) is 93.2 Å².